The van der Waals surface area contributed by atoms with E-state index in [0.29, 0.717) is 6.61 Å². The molecule has 1 heterocycles. The van der Waals surface area contributed by atoms with Crippen molar-refractivity contribution in [3.63, 3.8) is 0 Å². The SMILES string of the molecule is CC(=O)Nc1ccc(OC[C@H]2CO2)c2ccccc12. The molecule has 1 saturated heterocycles. The molecular weight excluding hydrogens is 242 g/mol. The van der Waals surface area contributed by atoms with Crippen LogP contribution in [0.2, 0.25) is 0 Å². The van der Waals surface area contributed by atoms with E-state index in [0.717, 1.165) is 28.8 Å². The van der Waals surface area contributed by atoms with Gasteiger partial charge in [-0.15, -0.1) is 0 Å². The number of nitrogens with one attached hydrogen (secondary N) is 1. The Bertz CT molecular complexity index is 620. The van der Waals surface area contributed by atoms with Crippen LogP contribution in [0.1, 0.15) is 6.92 Å². The molecule has 2 aromatic carbocycles. The number of rotatable bonds is 4. The van der Waals surface area contributed by atoms with Crippen molar-refractivity contribution in [1.29, 1.82) is 0 Å². The minimum atomic E-state index is -0.0785. The van der Waals surface area contributed by atoms with Crippen LogP contribution in [0, 0.1) is 0 Å². The van der Waals surface area contributed by atoms with Crippen LogP contribution in [-0.4, -0.2) is 25.2 Å². The summed E-state index contributed by atoms with van der Waals surface area (Å²) in [5.74, 6) is 0.741. The van der Waals surface area contributed by atoms with Crippen molar-refractivity contribution in [3.05, 3.63) is 36.4 Å². The van der Waals surface area contributed by atoms with Crippen LogP contribution in [0.15, 0.2) is 36.4 Å². The fourth-order valence-electron chi connectivity index (χ4n) is 2.04. The first kappa shape index (κ1) is 12.0. The van der Waals surface area contributed by atoms with E-state index in [4.69, 9.17) is 9.47 Å². The molecule has 1 N–H and O–H groups in total. The quantitative estimate of drug-likeness (QED) is 0.856. The van der Waals surface area contributed by atoms with Gasteiger partial charge in [-0.25, -0.2) is 0 Å². The molecule has 4 nitrogen and oxygen atoms in total. The molecule has 1 fully saturated rings. The third-order valence-corrected chi connectivity index (χ3v) is 3.02. The lowest BCUT2D eigenvalue weighted by Crippen LogP contribution is -2.07. The Balaban J connectivity index is 1.97. The third-order valence-electron chi connectivity index (χ3n) is 3.02. The topological polar surface area (TPSA) is 50.9 Å². The molecule has 1 aliphatic rings. The number of benzene rings is 2. The van der Waals surface area contributed by atoms with E-state index in [2.05, 4.69) is 5.32 Å². The van der Waals surface area contributed by atoms with Crippen LogP contribution in [0.5, 0.6) is 5.75 Å². The lowest BCUT2D eigenvalue weighted by molar-refractivity contribution is -0.114. The molecule has 0 unspecified atom stereocenters. The number of carbonyl (C=O) groups excluding carboxylic acids is 1. The normalized spacial score (nSPS) is 17.2. The average Bonchev–Trinajstić information content (AvgIpc) is 3.21. The molecule has 1 amide bonds. The van der Waals surface area contributed by atoms with Gasteiger partial charge in [-0.1, -0.05) is 24.3 Å². The Morgan fingerprint density at radius 2 is 2.05 bits per heavy atom. The number of amides is 1. The van der Waals surface area contributed by atoms with E-state index in [9.17, 15) is 4.79 Å². The molecule has 0 aliphatic carbocycles. The summed E-state index contributed by atoms with van der Waals surface area (Å²) in [6, 6.07) is 11.6. The third kappa shape index (κ3) is 2.69. The Hall–Kier alpha value is -2.07. The van der Waals surface area contributed by atoms with Crippen LogP contribution in [-0.2, 0) is 9.53 Å². The second-order valence-electron chi connectivity index (χ2n) is 4.60. The van der Waals surface area contributed by atoms with Gasteiger partial charge < -0.3 is 14.8 Å². The molecule has 0 bridgehead atoms. The van der Waals surface area contributed by atoms with E-state index in [1.807, 2.05) is 36.4 Å². The number of hydrogen-bond acceptors (Lipinski definition) is 3. The van der Waals surface area contributed by atoms with Gasteiger partial charge in [0.15, 0.2) is 0 Å². The van der Waals surface area contributed by atoms with E-state index in [1.54, 1.807) is 0 Å². The first-order valence-corrected chi connectivity index (χ1v) is 6.28. The number of fused-ring (bicyclic) bond motifs is 1. The maximum Gasteiger partial charge on any atom is 0.221 e. The van der Waals surface area contributed by atoms with E-state index >= 15 is 0 Å². The minimum absolute atomic E-state index is 0.0785. The van der Waals surface area contributed by atoms with Gasteiger partial charge in [0, 0.05) is 23.4 Å². The summed E-state index contributed by atoms with van der Waals surface area (Å²) in [6.45, 7) is 2.86. The van der Waals surface area contributed by atoms with Crippen molar-refractivity contribution in [3.8, 4) is 5.75 Å². The summed E-state index contributed by atoms with van der Waals surface area (Å²) < 4.78 is 10.9. The number of epoxide rings is 1. The van der Waals surface area contributed by atoms with Gasteiger partial charge in [-0.2, -0.15) is 0 Å². The number of carbonyl (C=O) groups is 1. The lowest BCUT2D eigenvalue weighted by atomic mass is 10.1. The molecule has 19 heavy (non-hydrogen) atoms. The molecule has 0 saturated carbocycles. The molecule has 0 radical (unpaired) electrons. The van der Waals surface area contributed by atoms with Crippen LogP contribution < -0.4 is 10.1 Å². The first-order chi connectivity index (χ1) is 9.24. The van der Waals surface area contributed by atoms with Gasteiger partial charge >= 0.3 is 0 Å². The highest BCUT2D eigenvalue weighted by Gasteiger charge is 2.23. The second kappa shape index (κ2) is 4.90. The van der Waals surface area contributed by atoms with E-state index in [-0.39, 0.29) is 12.0 Å². The van der Waals surface area contributed by atoms with Crippen molar-refractivity contribution >= 4 is 22.4 Å². The molecule has 1 aliphatic heterocycles. The zero-order chi connectivity index (χ0) is 13.2. The first-order valence-electron chi connectivity index (χ1n) is 6.28. The predicted molar refractivity (Wildman–Crippen MR) is 73.5 cm³/mol. The fourth-order valence-corrected chi connectivity index (χ4v) is 2.04. The molecule has 4 heteroatoms. The Morgan fingerprint density at radius 1 is 1.32 bits per heavy atom. The number of ether oxygens (including phenoxy) is 2. The highest BCUT2D eigenvalue weighted by molar-refractivity contribution is 6.03. The Kier molecular flexibility index (Phi) is 3.09. The summed E-state index contributed by atoms with van der Waals surface area (Å²) in [7, 11) is 0. The van der Waals surface area contributed by atoms with E-state index in [1.165, 1.54) is 6.92 Å². The standard InChI is InChI=1S/C15H15NO3/c1-10(17)16-14-6-7-15(19-9-11-8-18-11)13-5-3-2-4-12(13)14/h2-7,11H,8-9H2,1H3,(H,16,17)/t11-/m1/s1. The summed E-state index contributed by atoms with van der Waals surface area (Å²) in [5.41, 5.74) is 0.804. The van der Waals surface area contributed by atoms with Crippen molar-refractivity contribution in [1.82, 2.24) is 0 Å². The Labute approximate surface area is 111 Å². The molecule has 98 valence electrons. The highest BCUT2D eigenvalue weighted by atomic mass is 16.6. The van der Waals surface area contributed by atoms with Crippen LogP contribution >= 0.6 is 0 Å². The summed E-state index contributed by atoms with van der Waals surface area (Å²) >= 11 is 0. The fraction of sp³-hybridized carbons (Fsp3) is 0.267. The molecular formula is C15H15NO3. The molecule has 1 atom stereocenters. The number of anilines is 1. The molecule has 0 aromatic heterocycles. The summed E-state index contributed by atoms with van der Waals surface area (Å²) in [4.78, 5) is 11.2. The van der Waals surface area contributed by atoms with Crippen LogP contribution in [0.4, 0.5) is 5.69 Å². The molecule has 3 rings (SSSR count). The van der Waals surface area contributed by atoms with Crippen molar-refractivity contribution in [2.75, 3.05) is 18.5 Å². The molecule has 0 spiro atoms. The van der Waals surface area contributed by atoms with E-state index < -0.39 is 0 Å². The zero-order valence-electron chi connectivity index (χ0n) is 10.7. The number of hydrogen-bond donors (Lipinski definition) is 1. The largest absolute Gasteiger partial charge is 0.490 e. The maximum absolute atomic E-state index is 11.2. The summed E-state index contributed by atoms with van der Waals surface area (Å²) in [5, 5.41) is 4.81. The van der Waals surface area contributed by atoms with Gasteiger partial charge in [0.25, 0.3) is 0 Å². The molecule has 2 aromatic rings. The maximum atomic E-state index is 11.2. The average molecular weight is 257 g/mol. The van der Waals surface area contributed by atoms with Gasteiger partial charge in [-0.3, -0.25) is 4.79 Å². The Morgan fingerprint density at radius 3 is 2.74 bits per heavy atom. The highest BCUT2D eigenvalue weighted by Crippen LogP contribution is 2.32. The zero-order valence-corrected chi connectivity index (χ0v) is 10.7. The van der Waals surface area contributed by atoms with Crippen molar-refractivity contribution in [2.24, 2.45) is 0 Å². The van der Waals surface area contributed by atoms with Crippen molar-refractivity contribution < 1.29 is 14.3 Å². The van der Waals surface area contributed by atoms with Gasteiger partial charge in [0.2, 0.25) is 5.91 Å². The summed E-state index contributed by atoms with van der Waals surface area (Å²) in [6.07, 6.45) is 0.230. The van der Waals surface area contributed by atoms with Gasteiger partial charge in [-0.05, 0) is 12.1 Å². The lowest BCUT2D eigenvalue weighted by Gasteiger charge is -2.12. The van der Waals surface area contributed by atoms with Crippen LogP contribution in [0.3, 0.4) is 0 Å². The van der Waals surface area contributed by atoms with Gasteiger partial charge in [0.1, 0.15) is 18.5 Å². The second-order valence-corrected chi connectivity index (χ2v) is 4.60. The van der Waals surface area contributed by atoms with Crippen molar-refractivity contribution in [2.45, 2.75) is 13.0 Å². The van der Waals surface area contributed by atoms with Crippen LogP contribution in [0.25, 0.3) is 10.8 Å². The predicted octanol–water partition coefficient (Wildman–Crippen LogP) is 2.58. The monoisotopic (exact) mass is 257 g/mol. The minimum Gasteiger partial charge on any atom is -0.490 e. The van der Waals surface area contributed by atoms with Gasteiger partial charge in [0.05, 0.1) is 6.61 Å². The smallest absolute Gasteiger partial charge is 0.221 e.